The maximum Gasteiger partial charge on any atom is 0.211 e. The molecule has 0 aliphatic carbocycles. The number of anilines is 1. The van der Waals surface area contributed by atoms with Gasteiger partial charge in [0.25, 0.3) is 0 Å². The zero-order chi connectivity index (χ0) is 10.1. The molecule has 0 atom stereocenters. The van der Waals surface area contributed by atoms with Gasteiger partial charge in [-0.1, -0.05) is 0 Å². The molecule has 2 N–H and O–H groups in total. The van der Waals surface area contributed by atoms with Gasteiger partial charge in [0.1, 0.15) is 5.52 Å². The van der Waals surface area contributed by atoms with Crippen molar-refractivity contribution in [2.45, 2.75) is 6.92 Å². The predicted octanol–water partition coefficient (Wildman–Crippen LogP) is 1.58. The molecule has 14 heavy (non-hydrogen) atoms. The average molecular weight is 193 g/mol. The topological polar surface area (TPSA) is 57.8 Å². The van der Waals surface area contributed by atoms with Crippen molar-refractivity contribution in [1.29, 1.82) is 0 Å². The van der Waals surface area contributed by atoms with Crippen LogP contribution in [0.3, 0.4) is 0 Å². The summed E-state index contributed by atoms with van der Waals surface area (Å²) in [5.74, 6) is -0.448. The van der Waals surface area contributed by atoms with Crippen LogP contribution in [0.4, 0.5) is 10.1 Å². The molecule has 0 fully saturated rings. The molecule has 4 nitrogen and oxygen atoms in total. The van der Waals surface area contributed by atoms with E-state index in [1.165, 1.54) is 6.07 Å². The lowest BCUT2D eigenvalue weighted by Gasteiger charge is -1.99. The highest BCUT2D eigenvalue weighted by Gasteiger charge is 2.08. The van der Waals surface area contributed by atoms with Gasteiger partial charge in [-0.05, 0) is 19.1 Å². The van der Waals surface area contributed by atoms with E-state index in [0.717, 1.165) is 5.69 Å². The average Bonchev–Trinajstić information content (AvgIpc) is 2.49. The molecule has 72 valence electrons. The molecule has 1 aromatic heterocycles. The van der Waals surface area contributed by atoms with E-state index in [2.05, 4.69) is 15.5 Å². The molecule has 2 aromatic rings. The number of carbonyl (C=O) groups is 1. The largest absolute Gasteiger partial charge is 0.329 e. The number of hydrogen-bond donors (Lipinski definition) is 2. The Balaban J connectivity index is 2.68. The highest BCUT2D eigenvalue weighted by atomic mass is 19.1. The van der Waals surface area contributed by atoms with Crippen LogP contribution >= 0.6 is 0 Å². The highest BCUT2D eigenvalue weighted by molar-refractivity contribution is 5.87. The minimum Gasteiger partial charge on any atom is -0.329 e. The minimum atomic E-state index is -0.448. The van der Waals surface area contributed by atoms with Crippen LogP contribution in [0.25, 0.3) is 10.9 Å². The van der Waals surface area contributed by atoms with E-state index in [4.69, 9.17) is 0 Å². The number of aromatic nitrogens is 2. The first-order chi connectivity index (χ1) is 6.72. The van der Waals surface area contributed by atoms with Crippen LogP contribution in [-0.4, -0.2) is 16.6 Å². The van der Waals surface area contributed by atoms with E-state index >= 15 is 0 Å². The number of H-pyrrole nitrogens is 1. The molecule has 0 spiro atoms. The van der Waals surface area contributed by atoms with Crippen LogP contribution in [0.2, 0.25) is 0 Å². The number of amides is 1. The van der Waals surface area contributed by atoms with Crippen molar-refractivity contribution in [2.75, 3.05) is 5.32 Å². The van der Waals surface area contributed by atoms with Gasteiger partial charge in [0.2, 0.25) is 6.41 Å². The normalized spacial score (nSPS) is 10.4. The standard InChI is InChI=1S/C9H8FN3O/c1-5-7-2-6(11-4-14)3-8(10)9(7)13-12-5/h2-4H,1H3,(H,11,14)(H,12,13). The molecule has 1 aromatic carbocycles. The molecule has 0 aliphatic heterocycles. The lowest BCUT2D eigenvalue weighted by atomic mass is 10.2. The van der Waals surface area contributed by atoms with Crippen molar-refractivity contribution in [3.63, 3.8) is 0 Å². The molecule has 0 radical (unpaired) electrons. The number of fused-ring (bicyclic) bond motifs is 1. The van der Waals surface area contributed by atoms with Crippen molar-refractivity contribution in [3.05, 3.63) is 23.6 Å². The third-order valence-electron chi connectivity index (χ3n) is 2.03. The summed E-state index contributed by atoms with van der Waals surface area (Å²) in [4.78, 5) is 10.2. The van der Waals surface area contributed by atoms with Gasteiger partial charge in [-0.2, -0.15) is 5.10 Å². The Hall–Kier alpha value is -1.91. The number of halogens is 1. The maximum absolute atomic E-state index is 13.3. The zero-order valence-electron chi connectivity index (χ0n) is 7.47. The van der Waals surface area contributed by atoms with E-state index in [-0.39, 0.29) is 0 Å². The molecule has 0 unspecified atom stereocenters. The number of hydrogen-bond acceptors (Lipinski definition) is 2. The fourth-order valence-electron chi connectivity index (χ4n) is 1.35. The van der Waals surface area contributed by atoms with Crippen molar-refractivity contribution < 1.29 is 9.18 Å². The van der Waals surface area contributed by atoms with Crippen LogP contribution < -0.4 is 5.32 Å². The fourth-order valence-corrected chi connectivity index (χ4v) is 1.35. The second kappa shape index (κ2) is 3.10. The summed E-state index contributed by atoms with van der Waals surface area (Å²) in [5, 5.41) is 9.55. The minimum absolute atomic E-state index is 0.291. The molecule has 5 heteroatoms. The predicted molar refractivity (Wildman–Crippen MR) is 50.5 cm³/mol. The summed E-state index contributed by atoms with van der Waals surface area (Å²) in [6.07, 6.45) is 0.510. The third-order valence-corrected chi connectivity index (χ3v) is 2.03. The Morgan fingerprint density at radius 3 is 3.07 bits per heavy atom. The van der Waals surface area contributed by atoms with Crippen LogP contribution in [0, 0.1) is 12.7 Å². The zero-order valence-corrected chi connectivity index (χ0v) is 7.47. The van der Waals surface area contributed by atoms with Gasteiger partial charge in [0.05, 0.1) is 0 Å². The van der Waals surface area contributed by atoms with Crippen LogP contribution in [-0.2, 0) is 4.79 Å². The second-order valence-corrected chi connectivity index (χ2v) is 2.97. The fraction of sp³-hybridized carbons (Fsp3) is 0.111. The van der Waals surface area contributed by atoms with Gasteiger partial charge in [-0.25, -0.2) is 4.39 Å². The highest BCUT2D eigenvalue weighted by Crippen LogP contribution is 2.22. The molecular formula is C9H8FN3O. The van der Waals surface area contributed by atoms with Crippen molar-refractivity contribution >= 4 is 23.0 Å². The SMILES string of the molecule is Cc1[nH]nc2c(F)cc(NC=O)cc12. The Kier molecular flexibility index (Phi) is 1.92. The van der Waals surface area contributed by atoms with Gasteiger partial charge < -0.3 is 5.32 Å². The third kappa shape index (κ3) is 1.22. The number of nitrogens with zero attached hydrogens (tertiary/aromatic N) is 1. The van der Waals surface area contributed by atoms with Gasteiger partial charge in [-0.15, -0.1) is 0 Å². The van der Waals surface area contributed by atoms with Gasteiger partial charge in [0.15, 0.2) is 5.82 Å². The molecule has 0 saturated heterocycles. The molecule has 1 amide bonds. The Bertz CT molecular complexity index is 492. The van der Waals surface area contributed by atoms with E-state index in [9.17, 15) is 9.18 Å². The van der Waals surface area contributed by atoms with Crippen LogP contribution in [0.15, 0.2) is 12.1 Å². The smallest absolute Gasteiger partial charge is 0.211 e. The summed E-state index contributed by atoms with van der Waals surface area (Å²) < 4.78 is 13.3. The van der Waals surface area contributed by atoms with E-state index in [0.29, 0.717) is 23.0 Å². The molecule has 0 saturated carbocycles. The molecule has 0 bridgehead atoms. The number of nitrogens with one attached hydrogen (secondary N) is 2. The summed E-state index contributed by atoms with van der Waals surface area (Å²) in [5.41, 5.74) is 1.49. The first kappa shape index (κ1) is 8.68. The number of benzene rings is 1. The van der Waals surface area contributed by atoms with Crippen molar-refractivity contribution in [2.24, 2.45) is 0 Å². The van der Waals surface area contributed by atoms with E-state index < -0.39 is 5.82 Å². The van der Waals surface area contributed by atoms with Gasteiger partial charge in [0, 0.05) is 16.8 Å². The quantitative estimate of drug-likeness (QED) is 0.711. The van der Waals surface area contributed by atoms with E-state index in [1.54, 1.807) is 13.0 Å². The molecule has 1 heterocycles. The Morgan fingerprint density at radius 1 is 1.57 bits per heavy atom. The Morgan fingerprint density at radius 2 is 2.36 bits per heavy atom. The first-order valence-electron chi connectivity index (χ1n) is 4.07. The molecule has 2 rings (SSSR count). The lowest BCUT2D eigenvalue weighted by Crippen LogP contribution is -1.94. The second-order valence-electron chi connectivity index (χ2n) is 2.97. The van der Waals surface area contributed by atoms with Crippen LogP contribution in [0.1, 0.15) is 5.69 Å². The maximum atomic E-state index is 13.3. The van der Waals surface area contributed by atoms with Crippen molar-refractivity contribution in [1.82, 2.24) is 10.2 Å². The monoisotopic (exact) mass is 193 g/mol. The number of carbonyl (C=O) groups excluding carboxylic acids is 1. The number of aryl methyl sites for hydroxylation is 1. The summed E-state index contributed by atoms with van der Waals surface area (Å²) in [6, 6.07) is 2.91. The summed E-state index contributed by atoms with van der Waals surface area (Å²) in [7, 11) is 0. The van der Waals surface area contributed by atoms with Gasteiger partial charge >= 0.3 is 0 Å². The molecular weight excluding hydrogens is 185 g/mol. The summed E-state index contributed by atoms with van der Waals surface area (Å²) >= 11 is 0. The first-order valence-corrected chi connectivity index (χ1v) is 4.07. The Labute approximate surface area is 79.1 Å². The molecule has 0 aliphatic rings. The number of rotatable bonds is 2. The van der Waals surface area contributed by atoms with Gasteiger partial charge in [-0.3, -0.25) is 9.89 Å². The van der Waals surface area contributed by atoms with Crippen LogP contribution in [0.5, 0.6) is 0 Å². The van der Waals surface area contributed by atoms with E-state index in [1.807, 2.05) is 0 Å². The summed E-state index contributed by atoms with van der Waals surface area (Å²) in [6.45, 7) is 1.79. The van der Waals surface area contributed by atoms with Crippen molar-refractivity contribution in [3.8, 4) is 0 Å². The lowest BCUT2D eigenvalue weighted by molar-refractivity contribution is -0.105. The number of aromatic amines is 1.